The largest absolute Gasteiger partial charge is 0.383 e. The van der Waals surface area contributed by atoms with E-state index in [9.17, 15) is 0 Å². The number of nitrogens with zero attached hydrogens (tertiary/aromatic N) is 2. The maximum atomic E-state index is 6.19. The van der Waals surface area contributed by atoms with E-state index in [0.29, 0.717) is 12.5 Å². The average molecular weight is 283 g/mol. The second-order valence-electron chi connectivity index (χ2n) is 7.08. The van der Waals surface area contributed by atoms with Gasteiger partial charge >= 0.3 is 0 Å². The minimum Gasteiger partial charge on any atom is -0.383 e. The van der Waals surface area contributed by atoms with Crippen molar-refractivity contribution < 1.29 is 4.74 Å². The summed E-state index contributed by atoms with van der Waals surface area (Å²) >= 11 is 0. The number of likely N-dealkylation sites (tertiary alicyclic amines) is 2. The van der Waals surface area contributed by atoms with Gasteiger partial charge in [-0.1, -0.05) is 13.8 Å². The summed E-state index contributed by atoms with van der Waals surface area (Å²) in [5.41, 5.74) is 6.20. The molecule has 2 aliphatic heterocycles. The fourth-order valence-electron chi connectivity index (χ4n) is 4.35. The third kappa shape index (κ3) is 2.89. The normalized spacial score (nSPS) is 32.1. The molecule has 0 saturated carbocycles. The summed E-state index contributed by atoms with van der Waals surface area (Å²) in [5, 5.41) is 0. The SMILES string of the molecule is COCC(CN)(C(C)C)N1CCC2C(CCCN2C)C1. The van der Waals surface area contributed by atoms with Gasteiger partial charge in [-0.2, -0.15) is 0 Å². The first-order valence-electron chi connectivity index (χ1n) is 8.19. The van der Waals surface area contributed by atoms with Gasteiger partial charge in [-0.25, -0.2) is 0 Å². The van der Waals surface area contributed by atoms with Gasteiger partial charge in [0.1, 0.15) is 0 Å². The fourth-order valence-corrected chi connectivity index (χ4v) is 4.35. The van der Waals surface area contributed by atoms with Crippen LogP contribution < -0.4 is 5.73 Å². The van der Waals surface area contributed by atoms with Crippen LogP contribution >= 0.6 is 0 Å². The monoisotopic (exact) mass is 283 g/mol. The highest BCUT2D eigenvalue weighted by molar-refractivity contribution is 5.00. The highest BCUT2D eigenvalue weighted by Crippen LogP contribution is 2.35. The predicted molar refractivity (Wildman–Crippen MR) is 83.8 cm³/mol. The first-order valence-corrected chi connectivity index (χ1v) is 8.19. The average Bonchev–Trinajstić information content (AvgIpc) is 2.44. The molecule has 20 heavy (non-hydrogen) atoms. The van der Waals surface area contributed by atoms with Crippen molar-refractivity contribution in [1.29, 1.82) is 0 Å². The van der Waals surface area contributed by atoms with Gasteiger partial charge in [-0.15, -0.1) is 0 Å². The lowest BCUT2D eigenvalue weighted by molar-refractivity contribution is -0.0635. The molecule has 0 amide bonds. The molecule has 0 spiro atoms. The molecule has 3 unspecified atom stereocenters. The van der Waals surface area contributed by atoms with Gasteiger partial charge in [0.15, 0.2) is 0 Å². The number of fused-ring (bicyclic) bond motifs is 1. The summed E-state index contributed by atoms with van der Waals surface area (Å²) < 4.78 is 5.54. The van der Waals surface area contributed by atoms with Gasteiger partial charge in [-0.05, 0) is 44.7 Å². The second kappa shape index (κ2) is 6.73. The van der Waals surface area contributed by atoms with Crippen molar-refractivity contribution in [2.24, 2.45) is 17.6 Å². The molecule has 0 aromatic rings. The van der Waals surface area contributed by atoms with Gasteiger partial charge in [0.05, 0.1) is 12.1 Å². The maximum absolute atomic E-state index is 6.19. The van der Waals surface area contributed by atoms with E-state index >= 15 is 0 Å². The summed E-state index contributed by atoms with van der Waals surface area (Å²) in [4.78, 5) is 5.21. The van der Waals surface area contributed by atoms with Crippen LogP contribution in [0.4, 0.5) is 0 Å². The van der Waals surface area contributed by atoms with E-state index in [2.05, 4.69) is 30.7 Å². The molecule has 0 aromatic carbocycles. The number of hydrogen-bond donors (Lipinski definition) is 1. The Balaban J connectivity index is 2.12. The number of nitrogens with two attached hydrogens (primary N) is 1. The lowest BCUT2D eigenvalue weighted by Crippen LogP contribution is -2.65. The quantitative estimate of drug-likeness (QED) is 0.828. The Kier molecular flexibility index (Phi) is 5.46. The van der Waals surface area contributed by atoms with Crippen molar-refractivity contribution in [2.45, 2.75) is 44.7 Å². The standard InChI is InChI=1S/C16H33N3O/c1-13(2)16(11-17,12-20-4)19-9-7-15-14(10-19)6-5-8-18(15)3/h13-15H,5-12,17H2,1-4H3. The summed E-state index contributed by atoms with van der Waals surface area (Å²) in [6.07, 6.45) is 3.99. The molecule has 4 nitrogen and oxygen atoms in total. The Morgan fingerprint density at radius 3 is 2.65 bits per heavy atom. The first-order chi connectivity index (χ1) is 9.55. The number of ether oxygens (including phenoxy) is 1. The summed E-state index contributed by atoms with van der Waals surface area (Å²) in [6, 6.07) is 0.783. The van der Waals surface area contributed by atoms with Crippen molar-refractivity contribution in [3.63, 3.8) is 0 Å². The molecule has 3 atom stereocenters. The second-order valence-corrected chi connectivity index (χ2v) is 7.08. The van der Waals surface area contributed by atoms with Crippen molar-refractivity contribution in [2.75, 3.05) is 46.9 Å². The van der Waals surface area contributed by atoms with Gasteiger partial charge < -0.3 is 15.4 Å². The molecular formula is C16H33N3O. The van der Waals surface area contributed by atoms with Crippen molar-refractivity contribution in [3.05, 3.63) is 0 Å². The fraction of sp³-hybridized carbons (Fsp3) is 1.00. The third-order valence-corrected chi connectivity index (χ3v) is 5.80. The topological polar surface area (TPSA) is 41.7 Å². The van der Waals surface area contributed by atoms with Crippen molar-refractivity contribution in [1.82, 2.24) is 9.80 Å². The lowest BCUT2D eigenvalue weighted by atomic mass is 9.78. The number of hydrogen-bond acceptors (Lipinski definition) is 4. The zero-order chi connectivity index (χ0) is 14.8. The van der Waals surface area contributed by atoms with Crippen molar-refractivity contribution in [3.8, 4) is 0 Å². The molecule has 0 aliphatic carbocycles. The van der Waals surface area contributed by atoms with Gasteiger partial charge in [0, 0.05) is 32.8 Å². The highest BCUT2D eigenvalue weighted by Gasteiger charge is 2.44. The summed E-state index contributed by atoms with van der Waals surface area (Å²) in [7, 11) is 4.09. The molecule has 0 bridgehead atoms. The molecule has 0 aromatic heterocycles. The molecule has 2 saturated heterocycles. The Bertz CT molecular complexity index is 310. The first kappa shape index (κ1) is 16.2. The number of piperidine rings is 2. The maximum Gasteiger partial charge on any atom is 0.0661 e. The summed E-state index contributed by atoms with van der Waals surface area (Å²) in [6.45, 7) is 9.61. The van der Waals surface area contributed by atoms with Gasteiger partial charge in [0.25, 0.3) is 0 Å². The zero-order valence-electron chi connectivity index (χ0n) is 13.8. The smallest absolute Gasteiger partial charge is 0.0661 e. The molecule has 2 rings (SSSR count). The minimum atomic E-state index is 0.00966. The predicted octanol–water partition coefficient (Wildman–Crippen LogP) is 1.40. The van der Waals surface area contributed by atoms with E-state index in [1.165, 1.54) is 32.4 Å². The van der Waals surface area contributed by atoms with Crippen LogP contribution in [0.25, 0.3) is 0 Å². The molecular weight excluding hydrogens is 250 g/mol. The van der Waals surface area contributed by atoms with Gasteiger partial charge in [-0.3, -0.25) is 4.90 Å². The molecule has 2 N–H and O–H groups in total. The number of methoxy groups -OCH3 is 1. The minimum absolute atomic E-state index is 0.00966. The zero-order valence-corrected chi connectivity index (χ0v) is 13.8. The van der Waals surface area contributed by atoms with Crippen LogP contribution in [0.1, 0.15) is 33.1 Å². The van der Waals surface area contributed by atoms with Crippen LogP contribution in [0, 0.1) is 11.8 Å². The van der Waals surface area contributed by atoms with Crippen LogP contribution in [0.2, 0.25) is 0 Å². The van der Waals surface area contributed by atoms with Crippen LogP contribution in [-0.4, -0.2) is 68.3 Å². The lowest BCUT2D eigenvalue weighted by Gasteiger charge is -2.53. The van der Waals surface area contributed by atoms with E-state index in [1.54, 1.807) is 7.11 Å². The van der Waals surface area contributed by atoms with E-state index in [1.807, 2.05) is 0 Å². The Hall–Kier alpha value is -0.160. The van der Waals surface area contributed by atoms with E-state index in [-0.39, 0.29) is 5.54 Å². The van der Waals surface area contributed by atoms with Crippen LogP contribution in [-0.2, 0) is 4.74 Å². The number of rotatable bonds is 5. The van der Waals surface area contributed by atoms with Gasteiger partial charge in [0.2, 0.25) is 0 Å². The Morgan fingerprint density at radius 2 is 2.05 bits per heavy atom. The van der Waals surface area contributed by atoms with E-state index in [4.69, 9.17) is 10.5 Å². The van der Waals surface area contributed by atoms with E-state index in [0.717, 1.165) is 25.1 Å². The summed E-state index contributed by atoms with van der Waals surface area (Å²) in [5.74, 6) is 1.33. The highest BCUT2D eigenvalue weighted by atomic mass is 16.5. The molecule has 0 radical (unpaired) electrons. The molecule has 2 heterocycles. The van der Waals surface area contributed by atoms with Crippen LogP contribution in [0.15, 0.2) is 0 Å². The molecule has 4 heteroatoms. The molecule has 2 fully saturated rings. The van der Waals surface area contributed by atoms with Crippen molar-refractivity contribution >= 4 is 0 Å². The van der Waals surface area contributed by atoms with E-state index < -0.39 is 0 Å². The third-order valence-electron chi connectivity index (χ3n) is 5.80. The Labute approximate surface area is 124 Å². The Morgan fingerprint density at radius 1 is 1.30 bits per heavy atom. The van der Waals surface area contributed by atoms with Crippen LogP contribution in [0.3, 0.4) is 0 Å². The van der Waals surface area contributed by atoms with Crippen LogP contribution in [0.5, 0.6) is 0 Å². The molecule has 118 valence electrons. The molecule has 2 aliphatic rings.